The molecular formula is C22H26FN7O2. The van der Waals surface area contributed by atoms with Crippen LogP contribution in [0.2, 0.25) is 0 Å². The van der Waals surface area contributed by atoms with Gasteiger partial charge in [0.05, 0.1) is 25.0 Å². The van der Waals surface area contributed by atoms with Gasteiger partial charge in [-0.1, -0.05) is 0 Å². The predicted molar refractivity (Wildman–Crippen MR) is 118 cm³/mol. The standard InChI is InChI=1S/C22H26FN7O2/c1-24-21(31)16-7-15(20(23)19(8-16)32-2)4-3-14-9-26-22(27-10-14)29-17-11-28-30(13-17)18-5-6-25-12-18/h7-11,13,18,25H,3-6,12H2,1-2H3,(H,24,31)(H,26,27,29)/t18-/m1/s1. The second kappa shape index (κ2) is 9.73. The van der Waals surface area contributed by atoms with E-state index in [4.69, 9.17) is 4.74 Å². The number of nitrogens with zero attached hydrogens (tertiary/aromatic N) is 4. The van der Waals surface area contributed by atoms with Gasteiger partial charge in [-0.05, 0) is 49.1 Å². The number of ether oxygens (including phenoxy) is 1. The molecule has 0 spiro atoms. The molecule has 3 aromatic rings. The van der Waals surface area contributed by atoms with Gasteiger partial charge in [-0.2, -0.15) is 5.10 Å². The van der Waals surface area contributed by atoms with Gasteiger partial charge in [0.2, 0.25) is 5.95 Å². The monoisotopic (exact) mass is 439 g/mol. The molecule has 3 heterocycles. The largest absolute Gasteiger partial charge is 0.494 e. The van der Waals surface area contributed by atoms with Crippen LogP contribution in [0.15, 0.2) is 36.9 Å². The van der Waals surface area contributed by atoms with Gasteiger partial charge >= 0.3 is 0 Å². The Labute approximate surface area is 185 Å². The minimum absolute atomic E-state index is 0.0471. The van der Waals surface area contributed by atoms with E-state index in [9.17, 15) is 9.18 Å². The molecule has 0 saturated carbocycles. The molecule has 1 fully saturated rings. The molecule has 1 amide bonds. The summed E-state index contributed by atoms with van der Waals surface area (Å²) < 4.78 is 21.7. The molecule has 0 bridgehead atoms. The summed E-state index contributed by atoms with van der Waals surface area (Å²) in [6, 6.07) is 3.31. The van der Waals surface area contributed by atoms with Gasteiger partial charge in [0, 0.05) is 37.7 Å². The van der Waals surface area contributed by atoms with E-state index in [1.807, 2.05) is 10.9 Å². The zero-order valence-corrected chi connectivity index (χ0v) is 18.1. The van der Waals surface area contributed by atoms with Crippen molar-refractivity contribution in [2.45, 2.75) is 25.3 Å². The van der Waals surface area contributed by atoms with Gasteiger partial charge in [-0.25, -0.2) is 14.4 Å². The Morgan fingerprint density at radius 2 is 2.09 bits per heavy atom. The Kier molecular flexibility index (Phi) is 6.60. The second-order valence-electron chi connectivity index (χ2n) is 7.63. The molecule has 1 atom stereocenters. The third kappa shape index (κ3) is 4.86. The van der Waals surface area contributed by atoms with E-state index >= 15 is 0 Å². The fraction of sp³-hybridized carbons (Fsp3) is 0.364. The normalized spacial score (nSPS) is 15.5. The highest BCUT2D eigenvalue weighted by Gasteiger charge is 2.17. The Morgan fingerprint density at radius 1 is 1.28 bits per heavy atom. The maximum Gasteiger partial charge on any atom is 0.251 e. The first-order valence-corrected chi connectivity index (χ1v) is 10.5. The van der Waals surface area contributed by atoms with Crippen molar-refractivity contribution in [2.75, 3.05) is 32.6 Å². The van der Waals surface area contributed by atoms with Gasteiger partial charge < -0.3 is 20.7 Å². The molecule has 9 nitrogen and oxygen atoms in total. The molecule has 1 aliphatic heterocycles. The minimum atomic E-state index is -0.464. The van der Waals surface area contributed by atoms with E-state index in [0.717, 1.165) is 30.8 Å². The Morgan fingerprint density at radius 3 is 2.78 bits per heavy atom. The van der Waals surface area contributed by atoms with Crippen LogP contribution in [0.25, 0.3) is 0 Å². The number of hydrogen-bond donors (Lipinski definition) is 3. The topological polar surface area (TPSA) is 106 Å². The van der Waals surface area contributed by atoms with Crippen LogP contribution in [0, 0.1) is 5.82 Å². The van der Waals surface area contributed by atoms with Crippen LogP contribution in [0.4, 0.5) is 16.0 Å². The molecule has 32 heavy (non-hydrogen) atoms. The first-order valence-electron chi connectivity index (χ1n) is 10.5. The molecule has 1 aromatic carbocycles. The average molecular weight is 439 g/mol. The quantitative estimate of drug-likeness (QED) is 0.494. The number of anilines is 2. The Balaban J connectivity index is 1.39. The fourth-order valence-electron chi connectivity index (χ4n) is 3.69. The summed E-state index contributed by atoms with van der Waals surface area (Å²) in [5.74, 6) is -0.247. The van der Waals surface area contributed by atoms with Gasteiger partial charge in [0.25, 0.3) is 5.91 Å². The maximum atomic E-state index is 14.6. The van der Waals surface area contributed by atoms with Crippen LogP contribution in [-0.4, -0.2) is 52.9 Å². The lowest BCUT2D eigenvalue weighted by Gasteiger charge is -2.11. The van der Waals surface area contributed by atoms with Gasteiger partial charge in [0.1, 0.15) is 0 Å². The molecule has 1 aliphatic rings. The molecule has 0 aliphatic carbocycles. The van der Waals surface area contributed by atoms with Crippen LogP contribution in [-0.2, 0) is 12.8 Å². The van der Waals surface area contributed by atoms with Crippen molar-refractivity contribution in [1.29, 1.82) is 0 Å². The van der Waals surface area contributed by atoms with Crippen molar-refractivity contribution in [3.63, 3.8) is 0 Å². The molecule has 10 heteroatoms. The van der Waals surface area contributed by atoms with E-state index < -0.39 is 5.82 Å². The molecule has 2 aromatic heterocycles. The van der Waals surface area contributed by atoms with Gasteiger partial charge in [-0.3, -0.25) is 9.48 Å². The summed E-state index contributed by atoms with van der Waals surface area (Å²) in [4.78, 5) is 20.7. The van der Waals surface area contributed by atoms with Gasteiger partial charge in [0.15, 0.2) is 11.6 Å². The van der Waals surface area contributed by atoms with E-state index in [0.29, 0.717) is 36.0 Å². The summed E-state index contributed by atoms with van der Waals surface area (Å²) in [7, 11) is 2.91. The van der Waals surface area contributed by atoms with Crippen LogP contribution in [0.3, 0.4) is 0 Å². The van der Waals surface area contributed by atoms with Crippen molar-refractivity contribution in [3.05, 3.63) is 59.4 Å². The minimum Gasteiger partial charge on any atom is -0.494 e. The summed E-state index contributed by atoms with van der Waals surface area (Å²) in [6.07, 6.45) is 9.08. The summed E-state index contributed by atoms with van der Waals surface area (Å²) in [5, 5.41) is 13.4. The number of halogens is 1. The maximum absolute atomic E-state index is 14.6. The number of nitrogens with one attached hydrogen (secondary N) is 3. The molecule has 0 unspecified atom stereocenters. The lowest BCUT2D eigenvalue weighted by Crippen LogP contribution is -2.18. The van der Waals surface area contributed by atoms with Crippen molar-refractivity contribution in [1.82, 2.24) is 30.4 Å². The molecule has 1 saturated heterocycles. The third-order valence-corrected chi connectivity index (χ3v) is 5.48. The zero-order chi connectivity index (χ0) is 22.5. The number of rotatable bonds is 8. The van der Waals surface area contributed by atoms with Crippen molar-refractivity contribution in [3.8, 4) is 5.75 Å². The van der Waals surface area contributed by atoms with Crippen molar-refractivity contribution in [2.24, 2.45) is 0 Å². The Bertz CT molecular complexity index is 1080. The SMILES string of the molecule is CNC(=O)c1cc(CCc2cnc(Nc3cnn([C@@H]4CCNC4)c3)nc2)c(F)c(OC)c1. The highest BCUT2D eigenvalue weighted by atomic mass is 19.1. The highest BCUT2D eigenvalue weighted by Crippen LogP contribution is 2.24. The first-order chi connectivity index (χ1) is 15.6. The first kappa shape index (κ1) is 21.7. The van der Waals surface area contributed by atoms with Crippen LogP contribution in [0.1, 0.15) is 33.9 Å². The lowest BCUT2D eigenvalue weighted by molar-refractivity contribution is 0.0962. The van der Waals surface area contributed by atoms with E-state index in [1.165, 1.54) is 20.2 Å². The highest BCUT2D eigenvalue weighted by molar-refractivity contribution is 5.94. The molecule has 4 rings (SSSR count). The smallest absolute Gasteiger partial charge is 0.251 e. The van der Waals surface area contributed by atoms with Crippen molar-refractivity contribution >= 4 is 17.5 Å². The lowest BCUT2D eigenvalue weighted by atomic mass is 10.0. The average Bonchev–Trinajstić information content (AvgIpc) is 3.51. The Hall–Kier alpha value is -3.53. The molecule has 168 valence electrons. The second-order valence-corrected chi connectivity index (χ2v) is 7.63. The number of methoxy groups -OCH3 is 1. The molecule has 3 N–H and O–H groups in total. The number of benzene rings is 1. The third-order valence-electron chi connectivity index (χ3n) is 5.48. The van der Waals surface area contributed by atoms with E-state index in [1.54, 1.807) is 24.7 Å². The number of hydrogen-bond acceptors (Lipinski definition) is 7. The summed E-state index contributed by atoms with van der Waals surface area (Å²) in [5.41, 5.74) is 2.43. The number of aromatic nitrogens is 4. The van der Waals surface area contributed by atoms with E-state index in [2.05, 4.69) is 31.0 Å². The molecular weight excluding hydrogens is 413 g/mol. The van der Waals surface area contributed by atoms with Crippen LogP contribution < -0.4 is 20.7 Å². The van der Waals surface area contributed by atoms with Gasteiger partial charge in [-0.15, -0.1) is 0 Å². The number of carbonyl (C=O) groups excluding carboxylic acids is 1. The van der Waals surface area contributed by atoms with Crippen molar-refractivity contribution < 1.29 is 13.9 Å². The number of aryl methyl sites for hydroxylation is 2. The van der Waals surface area contributed by atoms with Crippen LogP contribution >= 0.6 is 0 Å². The fourth-order valence-corrected chi connectivity index (χ4v) is 3.69. The predicted octanol–water partition coefficient (Wildman–Crippen LogP) is 2.24. The molecule has 0 radical (unpaired) electrons. The number of carbonyl (C=O) groups is 1. The summed E-state index contributed by atoms with van der Waals surface area (Å²) >= 11 is 0. The van der Waals surface area contributed by atoms with Crippen LogP contribution in [0.5, 0.6) is 5.75 Å². The zero-order valence-electron chi connectivity index (χ0n) is 18.1. The van der Waals surface area contributed by atoms with E-state index in [-0.39, 0.29) is 11.7 Å². The number of amides is 1. The summed E-state index contributed by atoms with van der Waals surface area (Å²) in [6.45, 7) is 1.93.